The first-order chi connectivity index (χ1) is 14.6. The zero-order valence-corrected chi connectivity index (χ0v) is 19.4. The number of halogens is 1. The van der Waals surface area contributed by atoms with Crippen LogP contribution in [-0.4, -0.2) is 20.5 Å². The van der Waals surface area contributed by atoms with Gasteiger partial charge in [0.15, 0.2) is 5.65 Å². The van der Waals surface area contributed by atoms with Crippen molar-refractivity contribution in [2.75, 3.05) is 0 Å². The molecular formula is C24H28ClN5O. The van der Waals surface area contributed by atoms with Crippen LogP contribution < -0.4 is 5.32 Å². The average Bonchev–Trinajstić information content (AvgIpc) is 3.09. The van der Waals surface area contributed by atoms with Crippen molar-refractivity contribution in [3.63, 3.8) is 0 Å². The molecule has 6 nitrogen and oxygen atoms in total. The van der Waals surface area contributed by atoms with Crippen LogP contribution in [0.2, 0.25) is 5.02 Å². The summed E-state index contributed by atoms with van der Waals surface area (Å²) in [4.78, 5) is 17.4. The van der Waals surface area contributed by atoms with Crippen molar-refractivity contribution < 1.29 is 4.79 Å². The molecule has 0 fully saturated rings. The lowest BCUT2D eigenvalue weighted by Gasteiger charge is -2.27. The van der Waals surface area contributed by atoms with E-state index in [1.807, 2.05) is 38.1 Å². The minimum absolute atomic E-state index is 0.0127. The summed E-state index contributed by atoms with van der Waals surface area (Å²) in [6.45, 7) is 10.3. The zero-order valence-electron chi connectivity index (χ0n) is 18.7. The van der Waals surface area contributed by atoms with Crippen LogP contribution in [0.15, 0.2) is 30.5 Å². The van der Waals surface area contributed by atoms with Gasteiger partial charge in [-0.25, -0.2) is 9.50 Å². The number of hydrogen-bond donors (Lipinski definition) is 1. The molecule has 1 N–H and O–H groups in total. The molecule has 0 radical (unpaired) electrons. The molecule has 3 aromatic rings. The molecule has 0 aliphatic carbocycles. The SMILES string of the molecule is Cc1nc2c(C#N)cnn2c(C)c1CCC(=O)NC(CC(C)(C)C)c1ccc(Cl)cc1. The summed E-state index contributed by atoms with van der Waals surface area (Å²) in [7, 11) is 0. The lowest BCUT2D eigenvalue weighted by atomic mass is 9.85. The van der Waals surface area contributed by atoms with Gasteiger partial charge in [-0.15, -0.1) is 0 Å². The van der Waals surface area contributed by atoms with E-state index in [2.05, 4.69) is 42.2 Å². The zero-order chi connectivity index (χ0) is 22.8. The summed E-state index contributed by atoms with van der Waals surface area (Å²) in [6.07, 6.45) is 3.23. The van der Waals surface area contributed by atoms with Crippen molar-refractivity contribution in [1.82, 2.24) is 19.9 Å². The van der Waals surface area contributed by atoms with Crippen LogP contribution in [0.3, 0.4) is 0 Å². The standard InChI is InChI=1S/C24H28ClN5O/c1-15-20(16(2)30-23(28-15)18(13-26)14-27-30)10-11-22(31)29-21(12-24(3,4)5)17-6-8-19(25)9-7-17/h6-9,14,21H,10-12H2,1-5H3,(H,29,31). The van der Waals surface area contributed by atoms with Crippen LogP contribution in [0.5, 0.6) is 0 Å². The van der Waals surface area contributed by atoms with E-state index in [0.29, 0.717) is 29.1 Å². The third kappa shape index (κ3) is 5.42. The molecule has 1 atom stereocenters. The minimum Gasteiger partial charge on any atom is -0.349 e. The molecule has 0 spiro atoms. The van der Waals surface area contributed by atoms with Crippen molar-refractivity contribution in [3.05, 3.63) is 63.6 Å². The monoisotopic (exact) mass is 437 g/mol. The molecule has 1 amide bonds. The molecule has 0 aliphatic heterocycles. The fourth-order valence-corrected chi connectivity index (χ4v) is 3.94. The van der Waals surface area contributed by atoms with Gasteiger partial charge in [-0.1, -0.05) is 44.5 Å². The third-order valence-electron chi connectivity index (χ3n) is 5.36. The number of fused-ring (bicyclic) bond motifs is 1. The van der Waals surface area contributed by atoms with Crippen molar-refractivity contribution >= 4 is 23.2 Å². The maximum absolute atomic E-state index is 12.9. The molecule has 7 heteroatoms. The van der Waals surface area contributed by atoms with Crippen molar-refractivity contribution in [1.29, 1.82) is 5.26 Å². The lowest BCUT2D eigenvalue weighted by molar-refractivity contribution is -0.122. The smallest absolute Gasteiger partial charge is 0.220 e. The van der Waals surface area contributed by atoms with E-state index in [0.717, 1.165) is 28.9 Å². The number of nitrogens with one attached hydrogen (secondary N) is 1. The predicted molar refractivity (Wildman–Crippen MR) is 122 cm³/mol. The van der Waals surface area contributed by atoms with E-state index in [9.17, 15) is 10.1 Å². The number of benzene rings is 1. The van der Waals surface area contributed by atoms with Gasteiger partial charge in [0, 0.05) is 22.8 Å². The van der Waals surface area contributed by atoms with Gasteiger partial charge in [0.25, 0.3) is 0 Å². The maximum atomic E-state index is 12.9. The van der Waals surface area contributed by atoms with E-state index in [1.165, 1.54) is 6.20 Å². The topological polar surface area (TPSA) is 83.1 Å². The number of carbonyl (C=O) groups excluding carboxylic acids is 1. The summed E-state index contributed by atoms with van der Waals surface area (Å²) in [5.74, 6) is -0.0127. The van der Waals surface area contributed by atoms with Crippen LogP contribution in [-0.2, 0) is 11.2 Å². The highest BCUT2D eigenvalue weighted by Crippen LogP contribution is 2.30. The Morgan fingerprint density at radius 3 is 2.55 bits per heavy atom. The quantitative estimate of drug-likeness (QED) is 0.581. The Bertz CT molecular complexity index is 1140. The van der Waals surface area contributed by atoms with Gasteiger partial charge in [-0.2, -0.15) is 10.4 Å². The molecule has 0 saturated carbocycles. The first kappa shape index (κ1) is 22.8. The third-order valence-corrected chi connectivity index (χ3v) is 5.61. The Hall–Kier alpha value is -2.91. The predicted octanol–water partition coefficient (Wildman–Crippen LogP) is 5.10. The highest BCUT2D eigenvalue weighted by molar-refractivity contribution is 6.30. The fourth-order valence-electron chi connectivity index (χ4n) is 3.82. The minimum atomic E-state index is -0.0862. The molecule has 0 bridgehead atoms. The van der Waals surface area contributed by atoms with Gasteiger partial charge in [-0.3, -0.25) is 4.79 Å². The number of hydrogen-bond acceptors (Lipinski definition) is 4. The van der Waals surface area contributed by atoms with Crippen LogP contribution in [0.1, 0.15) is 67.7 Å². The Balaban J connectivity index is 1.76. The molecular weight excluding hydrogens is 410 g/mol. The molecule has 2 aromatic heterocycles. The van der Waals surface area contributed by atoms with E-state index in [1.54, 1.807) is 4.52 Å². The second-order valence-corrected chi connectivity index (χ2v) is 9.54. The summed E-state index contributed by atoms with van der Waals surface area (Å²) >= 11 is 6.04. The highest BCUT2D eigenvalue weighted by Gasteiger charge is 2.22. The van der Waals surface area contributed by atoms with Gasteiger partial charge < -0.3 is 5.32 Å². The van der Waals surface area contributed by atoms with Gasteiger partial charge in [0.05, 0.1) is 12.2 Å². The van der Waals surface area contributed by atoms with Crippen LogP contribution in [0.25, 0.3) is 5.65 Å². The number of rotatable bonds is 6. The van der Waals surface area contributed by atoms with Gasteiger partial charge >= 0.3 is 0 Å². The second-order valence-electron chi connectivity index (χ2n) is 9.10. The molecule has 31 heavy (non-hydrogen) atoms. The van der Waals surface area contributed by atoms with Gasteiger partial charge in [0.2, 0.25) is 5.91 Å². The first-order valence-corrected chi connectivity index (χ1v) is 10.8. The molecule has 0 saturated heterocycles. The van der Waals surface area contributed by atoms with Crippen molar-refractivity contribution in [2.45, 2.75) is 59.9 Å². The van der Waals surface area contributed by atoms with E-state index in [-0.39, 0.29) is 17.4 Å². The number of nitriles is 1. The van der Waals surface area contributed by atoms with Crippen LogP contribution >= 0.6 is 11.6 Å². The van der Waals surface area contributed by atoms with Crippen molar-refractivity contribution in [2.24, 2.45) is 5.41 Å². The second kappa shape index (κ2) is 9.07. The molecule has 3 rings (SSSR count). The number of carbonyl (C=O) groups is 1. The Morgan fingerprint density at radius 2 is 1.94 bits per heavy atom. The van der Waals surface area contributed by atoms with Crippen LogP contribution in [0.4, 0.5) is 0 Å². The molecule has 0 aliphatic rings. The Labute approximate surface area is 188 Å². The molecule has 1 aromatic carbocycles. The largest absolute Gasteiger partial charge is 0.349 e. The van der Waals surface area contributed by atoms with E-state index >= 15 is 0 Å². The van der Waals surface area contributed by atoms with Gasteiger partial charge in [0.1, 0.15) is 11.6 Å². The average molecular weight is 438 g/mol. The van der Waals surface area contributed by atoms with Gasteiger partial charge in [-0.05, 0) is 55.4 Å². The molecule has 1 unspecified atom stereocenters. The van der Waals surface area contributed by atoms with Crippen LogP contribution in [0, 0.1) is 30.6 Å². The van der Waals surface area contributed by atoms with Crippen molar-refractivity contribution in [3.8, 4) is 6.07 Å². The Morgan fingerprint density at radius 1 is 1.26 bits per heavy atom. The number of aromatic nitrogens is 3. The lowest BCUT2D eigenvalue weighted by Crippen LogP contribution is -2.31. The summed E-state index contributed by atoms with van der Waals surface area (Å²) in [6, 6.07) is 9.67. The summed E-state index contributed by atoms with van der Waals surface area (Å²) < 4.78 is 1.68. The summed E-state index contributed by atoms with van der Waals surface area (Å²) in [5.41, 5.74) is 4.80. The normalized spacial score (nSPS) is 12.5. The number of nitrogens with zero attached hydrogens (tertiary/aromatic N) is 4. The van der Waals surface area contributed by atoms with E-state index < -0.39 is 0 Å². The molecule has 162 valence electrons. The fraction of sp³-hybridized carbons (Fsp3) is 0.417. The number of amides is 1. The maximum Gasteiger partial charge on any atom is 0.220 e. The molecule has 2 heterocycles. The summed E-state index contributed by atoms with van der Waals surface area (Å²) in [5, 5.41) is 17.4. The highest BCUT2D eigenvalue weighted by atomic mass is 35.5. The first-order valence-electron chi connectivity index (χ1n) is 10.4. The Kier molecular flexibility index (Phi) is 6.66. The van der Waals surface area contributed by atoms with E-state index in [4.69, 9.17) is 11.6 Å². The number of aryl methyl sites for hydroxylation is 2.